The summed E-state index contributed by atoms with van der Waals surface area (Å²) < 4.78 is 12.8. The maximum absolute atomic E-state index is 12.8. The van der Waals surface area contributed by atoms with Crippen molar-refractivity contribution in [1.82, 2.24) is 0 Å². The first-order chi connectivity index (χ1) is 8.03. The van der Waals surface area contributed by atoms with Gasteiger partial charge in [-0.2, -0.15) is 0 Å². The Labute approximate surface area is 102 Å². The summed E-state index contributed by atoms with van der Waals surface area (Å²) in [6, 6.07) is 6.27. The minimum absolute atomic E-state index is 0.0231. The molecule has 0 aromatic heterocycles. The molecule has 17 heavy (non-hydrogen) atoms. The van der Waals surface area contributed by atoms with Crippen LogP contribution in [0.4, 0.5) is 5.69 Å². The smallest absolute Gasteiger partial charge is 0.270 e. The van der Waals surface area contributed by atoms with Crippen LogP contribution in [0.5, 0.6) is 0 Å². The van der Waals surface area contributed by atoms with Crippen LogP contribution >= 0.6 is 7.14 Å². The Morgan fingerprint density at radius 1 is 1.24 bits per heavy atom. The van der Waals surface area contributed by atoms with E-state index in [-0.39, 0.29) is 5.69 Å². The van der Waals surface area contributed by atoms with Crippen LogP contribution in [0.1, 0.15) is 26.7 Å². The van der Waals surface area contributed by atoms with Gasteiger partial charge in [-0.15, -0.1) is 0 Å². The molecule has 0 unspecified atom stereocenters. The molecule has 1 aromatic carbocycles. The first-order valence-corrected chi connectivity index (χ1v) is 7.94. The quantitative estimate of drug-likeness (QED) is 0.444. The molecule has 0 atom stereocenters. The molecule has 0 saturated heterocycles. The minimum atomic E-state index is -2.44. The van der Waals surface area contributed by atoms with E-state index in [0.29, 0.717) is 17.6 Å². The standard InChI is InChI=1S/C12H18NO3P/c1-3-8-17(16,9-4-2)12-7-5-6-11(10-12)13(14)15/h5-7,10H,3-4,8-9H2,1-2H3. The van der Waals surface area contributed by atoms with Crippen molar-refractivity contribution >= 4 is 18.1 Å². The molecule has 0 amide bonds. The van der Waals surface area contributed by atoms with E-state index in [1.54, 1.807) is 12.1 Å². The van der Waals surface area contributed by atoms with E-state index in [2.05, 4.69) is 0 Å². The Morgan fingerprint density at radius 2 is 1.82 bits per heavy atom. The van der Waals surface area contributed by atoms with Crippen LogP contribution < -0.4 is 5.30 Å². The Bertz CT molecular complexity index is 435. The van der Waals surface area contributed by atoms with E-state index in [9.17, 15) is 14.7 Å². The zero-order valence-electron chi connectivity index (χ0n) is 10.3. The third-order valence-corrected chi connectivity index (χ3v) is 6.24. The summed E-state index contributed by atoms with van der Waals surface area (Å²) >= 11 is 0. The number of nitro groups is 1. The lowest BCUT2D eigenvalue weighted by Crippen LogP contribution is -2.11. The molecule has 0 bridgehead atoms. The summed E-state index contributed by atoms with van der Waals surface area (Å²) in [6.45, 7) is 3.97. The number of nitro benzene ring substituents is 1. The molecule has 0 aliphatic rings. The average molecular weight is 255 g/mol. The highest BCUT2D eigenvalue weighted by Gasteiger charge is 2.24. The lowest BCUT2D eigenvalue weighted by Gasteiger charge is -2.16. The topological polar surface area (TPSA) is 60.2 Å². The molecular weight excluding hydrogens is 237 g/mol. The Balaban J connectivity index is 3.14. The third-order valence-electron chi connectivity index (χ3n) is 2.68. The fraction of sp³-hybridized carbons (Fsp3) is 0.500. The van der Waals surface area contributed by atoms with E-state index in [0.717, 1.165) is 12.8 Å². The van der Waals surface area contributed by atoms with Crippen molar-refractivity contribution in [3.8, 4) is 0 Å². The van der Waals surface area contributed by atoms with Crippen LogP contribution in [0.3, 0.4) is 0 Å². The molecule has 1 aromatic rings. The predicted molar refractivity (Wildman–Crippen MR) is 70.7 cm³/mol. The number of benzene rings is 1. The summed E-state index contributed by atoms with van der Waals surface area (Å²) in [5.41, 5.74) is 0.0231. The first-order valence-electron chi connectivity index (χ1n) is 5.86. The van der Waals surface area contributed by atoms with Crippen LogP contribution in [0.2, 0.25) is 0 Å². The van der Waals surface area contributed by atoms with Gasteiger partial charge in [-0.05, 0) is 12.8 Å². The van der Waals surface area contributed by atoms with Crippen molar-refractivity contribution in [2.75, 3.05) is 12.3 Å². The van der Waals surface area contributed by atoms with Crippen LogP contribution in [-0.2, 0) is 4.57 Å². The van der Waals surface area contributed by atoms with Crippen molar-refractivity contribution in [3.05, 3.63) is 34.4 Å². The van der Waals surface area contributed by atoms with Crippen LogP contribution in [0, 0.1) is 10.1 Å². The van der Waals surface area contributed by atoms with E-state index < -0.39 is 12.1 Å². The number of hydrogen-bond donors (Lipinski definition) is 0. The van der Waals surface area contributed by atoms with Crippen molar-refractivity contribution in [2.45, 2.75) is 26.7 Å². The molecule has 94 valence electrons. The van der Waals surface area contributed by atoms with E-state index in [1.807, 2.05) is 13.8 Å². The molecule has 4 nitrogen and oxygen atoms in total. The minimum Gasteiger partial charge on any atom is -0.319 e. The summed E-state index contributed by atoms with van der Waals surface area (Å²) in [7, 11) is -2.44. The lowest BCUT2D eigenvalue weighted by atomic mass is 10.3. The van der Waals surface area contributed by atoms with Gasteiger partial charge in [0, 0.05) is 29.8 Å². The first kappa shape index (κ1) is 13.9. The van der Waals surface area contributed by atoms with Crippen molar-refractivity contribution in [3.63, 3.8) is 0 Å². The summed E-state index contributed by atoms with van der Waals surface area (Å²) in [5, 5.41) is 11.4. The number of rotatable bonds is 6. The van der Waals surface area contributed by atoms with Gasteiger partial charge in [0.25, 0.3) is 5.69 Å². The van der Waals surface area contributed by atoms with Crippen molar-refractivity contribution in [1.29, 1.82) is 0 Å². The van der Waals surface area contributed by atoms with Crippen molar-refractivity contribution in [2.24, 2.45) is 0 Å². The van der Waals surface area contributed by atoms with Crippen LogP contribution in [0.15, 0.2) is 24.3 Å². The SMILES string of the molecule is CCCP(=O)(CCC)c1cccc([N+](=O)[O-])c1. The molecule has 0 N–H and O–H groups in total. The highest BCUT2D eigenvalue weighted by molar-refractivity contribution is 7.71. The summed E-state index contributed by atoms with van der Waals surface area (Å²) in [5.74, 6) is 0. The van der Waals surface area contributed by atoms with Crippen LogP contribution in [-0.4, -0.2) is 17.2 Å². The molecule has 0 radical (unpaired) electrons. The maximum Gasteiger partial charge on any atom is 0.270 e. The molecule has 0 aliphatic heterocycles. The second-order valence-corrected chi connectivity index (χ2v) is 7.30. The number of nitrogens with zero attached hydrogens (tertiary/aromatic N) is 1. The fourth-order valence-corrected chi connectivity index (χ4v) is 4.86. The van der Waals surface area contributed by atoms with Gasteiger partial charge in [-0.3, -0.25) is 10.1 Å². The molecule has 0 aliphatic carbocycles. The lowest BCUT2D eigenvalue weighted by molar-refractivity contribution is -0.384. The monoisotopic (exact) mass is 255 g/mol. The van der Waals surface area contributed by atoms with Crippen molar-refractivity contribution < 1.29 is 9.49 Å². The maximum atomic E-state index is 12.8. The third kappa shape index (κ3) is 3.40. The van der Waals surface area contributed by atoms with Gasteiger partial charge in [-0.1, -0.05) is 26.0 Å². The molecule has 0 fully saturated rings. The van der Waals surface area contributed by atoms with E-state index >= 15 is 0 Å². The molecule has 0 heterocycles. The predicted octanol–water partition coefficient (Wildman–Crippen LogP) is 3.40. The fourth-order valence-electron chi connectivity index (χ4n) is 1.95. The van der Waals surface area contributed by atoms with Gasteiger partial charge in [0.1, 0.15) is 7.14 Å². The van der Waals surface area contributed by atoms with Gasteiger partial charge < -0.3 is 4.57 Å². The zero-order chi connectivity index (χ0) is 12.9. The zero-order valence-corrected chi connectivity index (χ0v) is 11.2. The second-order valence-electron chi connectivity index (χ2n) is 4.11. The van der Waals surface area contributed by atoms with Gasteiger partial charge in [0.2, 0.25) is 0 Å². The normalized spacial score (nSPS) is 11.4. The van der Waals surface area contributed by atoms with E-state index in [4.69, 9.17) is 0 Å². The summed E-state index contributed by atoms with van der Waals surface area (Å²) in [4.78, 5) is 10.3. The molecule has 0 saturated carbocycles. The van der Waals surface area contributed by atoms with Gasteiger partial charge in [0.05, 0.1) is 4.92 Å². The second kappa shape index (κ2) is 5.97. The molecule has 0 spiro atoms. The molecule has 1 rings (SSSR count). The number of non-ortho nitro benzene ring substituents is 1. The highest BCUT2D eigenvalue weighted by Crippen LogP contribution is 2.45. The Morgan fingerprint density at radius 3 is 2.29 bits per heavy atom. The number of hydrogen-bond acceptors (Lipinski definition) is 3. The van der Waals surface area contributed by atoms with E-state index in [1.165, 1.54) is 12.1 Å². The highest BCUT2D eigenvalue weighted by atomic mass is 31.2. The molecule has 5 heteroatoms. The largest absolute Gasteiger partial charge is 0.319 e. The van der Waals surface area contributed by atoms with Gasteiger partial charge in [0.15, 0.2) is 0 Å². The summed E-state index contributed by atoms with van der Waals surface area (Å²) in [6.07, 6.45) is 2.92. The van der Waals surface area contributed by atoms with Gasteiger partial charge >= 0.3 is 0 Å². The average Bonchev–Trinajstić information content (AvgIpc) is 2.30. The molecular formula is C12H18NO3P. The Kier molecular flexibility index (Phi) is 4.88. The van der Waals surface area contributed by atoms with Crippen LogP contribution in [0.25, 0.3) is 0 Å². The van der Waals surface area contributed by atoms with Gasteiger partial charge in [-0.25, -0.2) is 0 Å². The Hall–Kier alpha value is -1.15.